The largest absolute Gasteiger partial charge is 0.348 e. The van der Waals surface area contributed by atoms with Gasteiger partial charge in [-0.25, -0.2) is 0 Å². The molecule has 0 radical (unpaired) electrons. The first-order valence-electron chi connectivity index (χ1n) is 3.66. The number of rotatable bonds is 6. The molecule has 0 atom stereocenters. The van der Waals surface area contributed by atoms with Gasteiger partial charge in [-0.1, -0.05) is 0 Å². The zero-order chi connectivity index (χ0) is 10.5. The van der Waals surface area contributed by atoms with Crippen LogP contribution in [0.3, 0.4) is 0 Å². The maximum absolute atomic E-state index is 11.4. The maximum atomic E-state index is 11.4. The van der Waals surface area contributed by atoms with Crippen molar-refractivity contribution >= 4 is 17.7 Å². The van der Waals surface area contributed by atoms with Crippen LogP contribution in [0, 0.1) is 0 Å². The van der Waals surface area contributed by atoms with Crippen molar-refractivity contribution in [3.8, 4) is 0 Å². The van der Waals surface area contributed by atoms with E-state index in [9.17, 15) is 13.0 Å². The minimum Gasteiger partial charge on any atom is -0.308 e. The maximum Gasteiger partial charge on any atom is 0.348 e. The Morgan fingerprint density at radius 2 is 1.62 bits per heavy atom. The molecule has 6 nitrogen and oxygen atoms in total. The second-order valence-corrected chi connectivity index (χ2v) is 6.09. The fourth-order valence-corrected chi connectivity index (χ4v) is 3.76. The van der Waals surface area contributed by atoms with Crippen LogP contribution in [0.5, 0.6) is 0 Å². The van der Waals surface area contributed by atoms with E-state index in [0.29, 0.717) is 0 Å². The molecule has 0 saturated carbocycles. The van der Waals surface area contributed by atoms with Crippen LogP contribution >= 0.6 is 7.60 Å². The Morgan fingerprint density at radius 3 is 1.85 bits per heavy atom. The van der Waals surface area contributed by atoms with Gasteiger partial charge in [0.15, 0.2) is 5.49 Å². The average Bonchev–Trinajstić information content (AvgIpc) is 1.82. The molecule has 0 aromatic heterocycles. The molecule has 0 amide bonds. The van der Waals surface area contributed by atoms with Crippen molar-refractivity contribution in [1.29, 1.82) is 0 Å². The van der Waals surface area contributed by atoms with E-state index in [-0.39, 0.29) is 13.2 Å². The first-order valence-corrected chi connectivity index (χ1v) is 7.00. The van der Waals surface area contributed by atoms with E-state index < -0.39 is 23.2 Å². The van der Waals surface area contributed by atoms with Gasteiger partial charge in [0.2, 0.25) is 0 Å². The van der Waals surface area contributed by atoms with Crippen LogP contribution in [-0.2, 0) is 23.7 Å². The van der Waals surface area contributed by atoms with Crippen LogP contribution in [0.15, 0.2) is 0 Å². The lowest BCUT2D eigenvalue weighted by atomic mass is 10.9. The third-order valence-electron chi connectivity index (χ3n) is 0.973. The first-order chi connectivity index (χ1) is 5.83. The number of hydrogen-bond donors (Lipinski definition) is 1. The van der Waals surface area contributed by atoms with Gasteiger partial charge in [-0.15, -0.1) is 0 Å². The lowest BCUT2D eigenvalue weighted by Crippen LogP contribution is -2.09. The van der Waals surface area contributed by atoms with Gasteiger partial charge in [-0.05, 0) is 13.8 Å². The minimum atomic E-state index is -4.34. The highest BCUT2D eigenvalue weighted by Gasteiger charge is 2.30. The predicted molar refractivity (Wildman–Crippen MR) is 47.3 cm³/mol. The fourth-order valence-electron chi connectivity index (χ4n) is 0.705. The zero-order valence-electron chi connectivity index (χ0n) is 7.47. The average molecular weight is 232 g/mol. The summed E-state index contributed by atoms with van der Waals surface area (Å²) in [5.74, 6) is 0. The molecule has 0 fully saturated rings. The van der Waals surface area contributed by atoms with Gasteiger partial charge in [-0.2, -0.15) is 8.42 Å². The molecular weight excluding hydrogens is 219 g/mol. The van der Waals surface area contributed by atoms with Gasteiger partial charge >= 0.3 is 7.60 Å². The smallest absolute Gasteiger partial charge is 0.308 e. The van der Waals surface area contributed by atoms with E-state index in [4.69, 9.17) is 4.55 Å². The lowest BCUT2D eigenvalue weighted by molar-refractivity contribution is 0.223. The summed E-state index contributed by atoms with van der Waals surface area (Å²) in [4.78, 5) is 0. The molecule has 0 aromatic carbocycles. The van der Waals surface area contributed by atoms with Crippen molar-refractivity contribution < 1.29 is 26.6 Å². The second kappa shape index (κ2) is 5.07. The summed E-state index contributed by atoms with van der Waals surface area (Å²) in [5.41, 5.74) is -0.998. The van der Waals surface area contributed by atoms with E-state index in [1.165, 1.54) is 0 Å². The monoisotopic (exact) mass is 232 g/mol. The highest BCUT2D eigenvalue weighted by molar-refractivity contribution is 7.93. The molecule has 0 aliphatic heterocycles. The van der Waals surface area contributed by atoms with E-state index in [1.54, 1.807) is 13.8 Å². The predicted octanol–water partition coefficient (Wildman–Crippen LogP) is 1.10. The molecule has 13 heavy (non-hydrogen) atoms. The van der Waals surface area contributed by atoms with Crippen LogP contribution < -0.4 is 0 Å². The molecule has 0 bridgehead atoms. The molecule has 0 rings (SSSR count). The number of hydrogen-bond acceptors (Lipinski definition) is 5. The normalized spacial score (nSPS) is 13.2. The Balaban J connectivity index is 4.51. The van der Waals surface area contributed by atoms with E-state index >= 15 is 0 Å². The van der Waals surface area contributed by atoms with E-state index in [2.05, 4.69) is 9.05 Å². The van der Waals surface area contributed by atoms with Gasteiger partial charge < -0.3 is 9.05 Å². The summed E-state index contributed by atoms with van der Waals surface area (Å²) in [6, 6.07) is 0. The molecule has 0 aliphatic carbocycles. The van der Waals surface area contributed by atoms with Gasteiger partial charge in [0.1, 0.15) is 0 Å². The Hall–Kier alpha value is 0.0600. The molecule has 1 N–H and O–H groups in total. The Kier molecular flexibility index (Phi) is 5.09. The van der Waals surface area contributed by atoms with Crippen molar-refractivity contribution in [3.05, 3.63) is 0 Å². The van der Waals surface area contributed by atoms with E-state index in [0.717, 1.165) is 0 Å². The topological polar surface area (TPSA) is 89.9 Å². The van der Waals surface area contributed by atoms with Gasteiger partial charge in [-0.3, -0.25) is 9.12 Å². The highest BCUT2D eigenvalue weighted by atomic mass is 32.2. The van der Waals surface area contributed by atoms with Gasteiger partial charge in [0, 0.05) is 0 Å². The second-order valence-electron chi connectivity index (χ2n) is 2.16. The fraction of sp³-hybridized carbons (Fsp3) is 1.00. The van der Waals surface area contributed by atoms with Crippen LogP contribution in [0.2, 0.25) is 0 Å². The molecule has 0 spiro atoms. The van der Waals surface area contributed by atoms with E-state index in [1.807, 2.05) is 0 Å². The van der Waals surface area contributed by atoms with Gasteiger partial charge in [0.25, 0.3) is 10.1 Å². The zero-order valence-corrected chi connectivity index (χ0v) is 9.18. The third-order valence-corrected chi connectivity index (χ3v) is 4.85. The van der Waals surface area contributed by atoms with Crippen molar-refractivity contribution in [1.82, 2.24) is 0 Å². The summed E-state index contributed by atoms with van der Waals surface area (Å²) in [5, 5.41) is 0. The summed E-state index contributed by atoms with van der Waals surface area (Å²) in [7, 11) is -8.02. The van der Waals surface area contributed by atoms with Crippen LogP contribution in [0.1, 0.15) is 13.8 Å². The first kappa shape index (κ1) is 13.1. The molecule has 8 heteroatoms. The molecule has 0 saturated heterocycles. The molecular formula is C5H13O6PS. The standard InChI is InChI=1S/C5H13O6PS/c1-3-10-12(6,11-4-2)5-13(7,8)9/h3-5H2,1-2H3,(H,7,8,9). The van der Waals surface area contributed by atoms with Crippen molar-refractivity contribution in [3.63, 3.8) is 0 Å². The summed E-state index contributed by atoms with van der Waals surface area (Å²) < 4.78 is 50.0. The minimum absolute atomic E-state index is 0.0623. The summed E-state index contributed by atoms with van der Waals surface area (Å²) >= 11 is 0. The van der Waals surface area contributed by atoms with Gasteiger partial charge in [0.05, 0.1) is 13.2 Å². The molecule has 0 unspecified atom stereocenters. The molecule has 0 heterocycles. The highest BCUT2D eigenvalue weighted by Crippen LogP contribution is 2.48. The summed E-state index contributed by atoms with van der Waals surface area (Å²) in [6.45, 7) is 3.23. The van der Waals surface area contributed by atoms with Crippen molar-refractivity contribution in [2.24, 2.45) is 0 Å². The molecule has 0 aromatic rings. The van der Waals surface area contributed by atoms with Crippen LogP contribution in [-0.4, -0.2) is 31.7 Å². The van der Waals surface area contributed by atoms with Crippen molar-refractivity contribution in [2.45, 2.75) is 13.8 Å². The Morgan fingerprint density at radius 1 is 1.23 bits per heavy atom. The van der Waals surface area contributed by atoms with Crippen LogP contribution in [0.25, 0.3) is 0 Å². The molecule has 80 valence electrons. The van der Waals surface area contributed by atoms with Crippen LogP contribution in [0.4, 0.5) is 0 Å². The third kappa shape index (κ3) is 6.17. The summed E-state index contributed by atoms with van der Waals surface area (Å²) in [6.07, 6.45) is 0. The lowest BCUT2D eigenvalue weighted by Gasteiger charge is -2.14. The Bertz CT molecular complexity index is 273. The SMILES string of the molecule is CCOP(=O)(CS(=O)(=O)O)OCC. The Labute approximate surface area is 77.5 Å². The molecule has 0 aliphatic rings. The van der Waals surface area contributed by atoms with Crippen molar-refractivity contribution in [2.75, 3.05) is 18.7 Å². The quantitative estimate of drug-likeness (QED) is 0.544.